The highest BCUT2D eigenvalue weighted by atomic mass is 31.3. The predicted molar refractivity (Wildman–Crippen MR) is 205 cm³/mol. The van der Waals surface area contributed by atoms with E-state index >= 15 is 0 Å². The van der Waals surface area contributed by atoms with Gasteiger partial charge in [0.2, 0.25) is 0 Å². The zero-order valence-electron chi connectivity index (χ0n) is 28.2. The van der Waals surface area contributed by atoms with Gasteiger partial charge >= 0.3 is 23.0 Å². The van der Waals surface area contributed by atoms with E-state index in [9.17, 15) is 0 Å². The van der Waals surface area contributed by atoms with Crippen LogP contribution in [-0.4, -0.2) is 0 Å². The molecule has 51 heavy (non-hydrogen) atoms. The molecule has 6 aromatic rings. The van der Waals surface area contributed by atoms with Crippen LogP contribution >= 0.6 is 23.0 Å². The average molecular weight is 736 g/mol. The maximum absolute atomic E-state index is 6.83. The first-order valence-electron chi connectivity index (χ1n) is 16.2. The van der Waals surface area contributed by atoms with Gasteiger partial charge in [-0.05, 0) is 93.6 Å². The number of nitrogens with zero attached hydrogens (tertiary/aromatic N) is 3. The third-order valence-corrected chi connectivity index (χ3v) is 15.4. The molecule has 0 unspecified atom stereocenters. The van der Waals surface area contributed by atoms with Crippen LogP contribution in [0, 0.1) is 20.8 Å². The van der Waals surface area contributed by atoms with Crippen LogP contribution in [0.4, 0.5) is 0 Å². The lowest BCUT2D eigenvalue weighted by Gasteiger charge is -2.33. The second-order valence-electron chi connectivity index (χ2n) is 11.7. The lowest BCUT2D eigenvalue weighted by atomic mass is 10.2. The minimum absolute atomic E-state index is 0.466. The third-order valence-electron chi connectivity index (χ3n) is 7.32. The van der Waals surface area contributed by atoms with Gasteiger partial charge < -0.3 is 27.1 Å². The molecule has 9 nitrogen and oxygen atoms in total. The van der Waals surface area contributed by atoms with Crippen molar-refractivity contribution in [1.29, 1.82) is 0 Å². The smallest absolute Gasteiger partial charge is 0.413 e. The molecule has 0 aliphatic carbocycles. The Morgan fingerprint density at radius 2 is 0.471 bits per heavy atom. The number of rotatable bonds is 12. The fraction of sp³-hybridized carbons (Fsp3) is 0.0769. The van der Waals surface area contributed by atoms with E-state index < -0.39 is 23.0 Å². The summed E-state index contributed by atoms with van der Waals surface area (Å²) in [5.74, 6) is 2.82. The van der Waals surface area contributed by atoms with E-state index in [1.165, 1.54) is 0 Å². The minimum atomic E-state index is -3.90. The molecule has 0 saturated carbocycles. The van der Waals surface area contributed by atoms with Gasteiger partial charge in [-0.2, -0.15) is 0 Å². The van der Waals surface area contributed by atoms with Gasteiger partial charge in [0.15, 0.2) is 0 Å². The molecule has 258 valence electrons. The monoisotopic (exact) mass is 735 g/mol. The molecule has 0 fully saturated rings. The van der Waals surface area contributed by atoms with Gasteiger partial charge in [-0.15, -0.1) is 0 Å². The van der Waals surface area contributed by atoms with Gasteiger partial charge in [0.25, 0.3) is 0 Å². The predicted octanol–water partition coefficient (Wildman–Crippen LogP) is 13.2. The fourth-order valence-electron chi connectivity index (χ4n) is 4.82. The second kappa shape index (κ2) is 15.0. The molecule has 0 N–H and O–H groups in total. The molecule has 12 heteroatoms. The van der Waals surface area contributed by atoms with Crippen LogP contribution in [0.15, 0.2) is 177 Å². The highest BCUT2D eigenvalue weighted by molar-refractivity contribution is 7.79. The van der Waals surface area contributed by atoms with Crippen molar-refractivity contribution in [3.63, 3.8) is 0 Å². The summed E-state index contributed by atoms with van der Waals surface area (Å²) >= 11 is 0. The highest BCUT2D eigenvalue weighted by Gasteiger charge is 2.48. The average Bonchev–Trinajstić information content (AvgIpc) is 3.12. The zero-order chi connectivity index (χ0) is 35.2. The number of hydrogen-bond acceptors (Lipinski definition) is 9. The molecule has 1 aliphatic rings. The Kier molecular flexibility index (Phi) is 10.1. The van der Waals surface area contributed by atoms with Crippen LogP contribution in [0.5, 0.6) is 34.5 Å². The van der Waals surface area contributed by atoms with Crippen molar-refractivity contribution in [3.8, 4) is 34.5 Å². The summed E-state index contributed by atoms with van der Waals surface area (Å²) in [6, 6.07) is 50.5. The van der Waals surface area contributed by atoms with Crippen molar-refractivity contribution in [3.05, 3.63) is 180 Å². The highest BCUT2D eigenvalue weighted by Crippen LogP contribution is 2.78. The Balaban J connectivity index is 1.56. The quantitative estimate of drug-likeness (QED) is 0.116. The Bertz CT molecular complexity index is 1980. The molecule has 0 atom stereocenters. The first kappa shape index (κ1) is 34.3. The molecule has 0 spiro atoms. The molecule has 6 aromatic carbocycles. The van der Waals surface area contributed by atoms with Gasteiger partial charge in [-0.25, -0.2) is 0 Å². The maximum atomic E-state index is 6.83. The molecule has 1 aliphatic heterocycles. The zero-order valence-corrected chi connectivity index (χ0v) is 30.9. The molecule has 0 bridgehead atoms. The van der Waals surface area contributed by atoms with Crippen molar-refractivity contribution in [1.82, 2.24) is 0 Å². The van der Waals surface area contributed by atoms with Gasteiger partial charge in [-0.3, -0.25) is 0 Å². The number of benzene rings is 6. The van der Waals surface area contributed by atoms with Crippen molar-refractivity contribution in [2.24, 2.45) is 13.5 Å². The number of para-hydroxylation sites is 3. The molecular formula is C39H36N3O6P3. The van der Waals surface area contributed by atoms with Crippen LogP contribution in [0.3, 0.4) is 0 Å². The van der Waals surface area contributed by atoms with Crippen molar-refractivity contribution in [2.45, 2.75) is 20.8 Å². The van der Waals surface area contributed by atoms with E-state index in [1.54, 1.807) is 0 Å². The molecule has 1 heterocycles. The Labute approximate surface area is 298 Å². The summed E-state index contributed by atoms with van der Waals surface area (Å²) in [4.78, 5) is 0. The minimum Gasteiger partial charge on any atom is -0.413 e. The summed E-state index contributed by atoms with van der Waals surface area (Å²) in [7, 11) is -11.7. The maximum Gasteiger partial charge on any atom is 0.460 e. The third kappa shape index (κ3) is 8.76. The molecular weight excluding hydrogens is 699 g/mol. The van der Waals surface area contributed by atoms with Crippen LogP contribution in [0.25, 0.3) is 0 Å². The van der Waals surface area contributed by atoms with E-state index in [1.807, 2.05) is 185 Å². The first-order valence-corrected chi connectivity index (χ1v) is 20.8. The van der Waals surface area contributed by atoms with Crippen molar-refractivity contribution < 1.29 is 27.1 Å². The number of hydrogen-bond donors (Lipinski definition) is 0. The Hall–Kier alpha value is -5.19. The first-order chi connectivity index (χ1) is 24.8. The van der Waals surface area contributed by atoms with Crippen LogP contribution in [0.2, 0.25) is 0 Å². The second-order valence-corrected chi connectivity index (χ2v) is 17.9. The van der Waals surface area contributed by atoms with Gasteiger partial charge in [0, 0.05) is 0 Å². The SMILES string of the molecule is Cc1ccc(OP2(Oc3ccccc3)=NP(Oc3ccccc3)(Oc3ccc(C)cc3)=NP(Oc3ccccc3)(Oc3ccc(C)cc3)=N2)cc1. The molecule has 0 radical (unpaired) electrons. The summed E-state index contributed by atoms with van der Waals surface area (Å²) in [6.45, 7) is 6.01. The molecule has 7 rings (SSSR count). The van der Waals surface area contributed by atoms with E-state index in [2.05, 4.69) is 0 Å². The van der Waals surface area contributed by atoms with E-state index in [4.69, 9.17) is 40.7 Å². The molecule has 0 amide bonds. The summed E-state index contributed by atoms with van der Waals surface area (Å²) < 4.78 is 56.6. The van der Waals surface area contributed by atoms with E-state index in [0.717, 1.165) is 16.7 Å². The van der Waals surface area contributed by atoms with Crippen LogP contribution < -0.4 is 27.1 Å². The number of aryl methyl sites for hydroxylation is 3. The van der Waals surface area contributed by atoms with Crippen LogP contribution in [0.1, 0.15) is 16.7 Å². The Morgan fingerprint density at radius 1 is 0.275 bits per heavy atom. The lowest BCUT2D eigenvalue weighted by Crippen LogP contribution is -2.11. The summed E-state index contributed by atoms with van der Waals surface area (Å²) in [5, 5.41) is 0. The van der Waals surface area contributed by atoms with E-state index in [0.29, 0.717) is 34.5 Å². The van der Waals surface area contributed by atoms with Gasteiger partial charge in [0.1, 0.15) is 34.5 Å². The standard InChI is InChI=1S/C39H36N3O6P3/c1-31-19-25-37(26-20-31)46-49(43-34-13-7-4-8-14-34)40-50(44-35-15-9-5-10-16-35,47-38-27-21-32(2)22-28-38)42-51(41-49,45-36-17-11-6-12-18-36)48-39-29-23-33(3)24-30-39/h4-30H,1-3H3. The normalized spacial score (nSPS) is 20.8. The van der Waals surface area contributed by atoms with Crippen molar-refractivity contribution in [2.75, 3.05) is 0 Å². The largest absolute Gasteiger partial charge is 0.460 e. The molecule has 0 aromatic heterocycles. The van der Waals surface area contributed by atoms with Crippen molar-refractivity contribution >= 4 is 23.0 Å². The fourth-order valence-corrected chi connectivity index (χ4v) is 13.9. The topological polar surface area (TPSA) is 92.5 Å². The molecule has 0 saturated heterocycles. The van der Waals surface area contributed by atoms with Gasteiger partial charge in [-0.1, -0.05) is 121 Å². The Morgan fingerprint density at radius 3 is 0.686 bits per heavy atom. The van der Waals surface area contributed by atoms with Gasteiger partial charge in [0.05, 0.1) is 0 Å². The van der Waals surface area contributed by atoms with Crippen LogP contribution in [-0.2, 0) is 0 Å². The van der Waals surface area contributed by atoms with E-state index in [-0.39, 0.29) is 0 Å². The summed E-state index contributed by atoms with van der Waals surface area (Å²) in [5.41, 5.74) is 3.17. The lowest BCUT2D eigenvalue weighted by molar-refractivity contribution is 0.443. The summed E-state index contributed by atoms with van der Waals surface area (Å²) in [6.07, 6.45) is 0.